The first kappa shape index (κ1) is 18.1. The quantitative estimate of drug-likeness (QED) is 0.311. The SMILES string of the molecule is Cc1cc([N+](=O)[O-])ccc1NC(=O)CSc1nc2sccc2c(=O)n1C. The van der Waals surface area contributed by atoms with E-state index in [2.05, 4.69) is 10.3 Å². The number of carbonyl (C=O) groups is 1. The fourth-order valence-corrected chi connectivity index (χ4v) is 3.90. The summed E-state index contributed by atoms with van der Waals surface area (Å²) in [5, 5.41) is 16.3. The molecule has 2 aromatic heterocycles. The number of aryl methyl sites for hydroxylation is 1. The molecule has 134 valence electrons. The van der Waals surface area contributed by atoms with Crippen LogP contribution in [0.25, 0.3) is 10.2 Å². The number of non-ortho nitro benzene ring substituents is 1. The Balaban J connectivity index is 1.71. The van der Waals surface area contributed by atoms with Gasteiger partial charge in [0, 0.05) is 24.9 Å². The maximum absolute atomic E-state index is 12.2. The van der Waals surface area contributed by atoms with E-state index in [-0.39, 0.29) is 22.9 Å². The fourth-order valence-electron chi connectivity index (χ4n) is 2.33. The summed E-state index contributed by atoms with van der Waals surface area (Å²) in [5.41, 5.74) is 0.934. The molecule has 3 rings (SSSR count). The van der Waals surface area contributed by atoms with E-state index >= 15 is 0 Å². The molecule has 3 aromatic rings. The van der Waals surface area contributed by atoms with Crippen LogP contribution in [0.2, 0.25) is 0 Å². The zero-order valence-corrected chi connectivity index (χ0v) is 15.5. The normalized spacial score (nSPS) is 10.8. The summed E-state index contributed by atoms with van der Waals surface area (Å²) in [4.78, 5) is 39.8. The number of hydrogen-bond donors (Lipinski definition) is 1. The number of benzene rings is 1. The molecule has 0 atom stereocenters. The first-order chi connectivity index (χ1) is 12.4. The van der Waals surface area contributed by atoms with E-state index in [4.69, 9.17) is 0 Å². The number of rotatable bonds is 5. The Hall–Kier alpha value is -2.72. The molecule has 0 radical (unpaired) electrons. The minimum Gasteiger partial charge on any atom is -0.325 e. The highest BCUT2D eigenvalue weighted by Gasteiger charge is 2.13. The Morgan fingerprint density at radius 3 is 2.88 bits per heavy atom. The van der Waals surface area contributed by atoms with Crippen LogP contribution < -0.4 is 10.9 Å². The highest BCUT2D eigenvalue weighted by molar-refractivity contribution is 7.99. The molecule has 0 aliphatic rings. The van der Waals surface area contributed by atoms with Crippen LogP contribution >= 0.6 is 23.1 Å². The molecule has 2 heterocycles. The van der Waals surface area contributed by atoms with Crippen LogP contribution in [-0.2, 0) is 11.8 Å². The van der Waals surface area contributed by atoms with Gasteiger partial charge in [-0.05, 0) is 30.0 Å². The summed E-state index contributed by atoms with van der Waals surface area (Å²) >= 11 is 2.53. The largest absolute Gasteiger partial charge is 0.325 e. The van der Waals surface area contributed by atoms with Crippen LogP contribution in [0.4, 0.5) is 11.4 Å². The molecular weight excluding hydrogens is 376 g/mol. The van der Waals surface area contributed by atoms with Crippen molar-refractivity contribution in [2.75, 3.05) is 11.1 Å². The summed E-state index contributed by atoms with van der Waals surface area (Å²) in [6, 6.07) is 5.97. The lowest BCUT2D eigenvalue weighted by Crippen LogP contribution is -2.21. The van der Waals surface area contributed by atoms with Crippen LogP contribution in [0, 0.1) is 17.0 Å². The van der Waals surface area contributed by atoms with Gasteiger partial charge in [-0.2, -0.15) is 0 Å². The number of anilines is 1. The number of nitro benzene ring substituents is 1. The van der Waals surface area contributed by atoms with Gasteiger partial charge in [-0.25, -0.2) is 4.98 Å². The third-order valence-corrected chi connectivity index (χ3v) is 5.53. The molecule has 0 saturated heterocycles. The zero-order chi connectivity index (χ0) is 18.8. The molecule has 1 amide bonds. The number of thiophene rings is 1. The smallest absolute Gasteiger partial charge is 0.269 e. The number of hydrogen-bond acceptors (Lipinski definition) is 7. The summed E-state index contributed by atoms with van der Waals surface area (Å²) < 4.78 is 1.42. The Morgan fingerprint density at radius 1 is 1.42 bits per heavy atom. The van der Waals surface area contributed by atoms with Crippen LogP contribution in [0.5, 0.6) is 0 Å². The Bertz CT molecular complexity index is 1070. The Labute approximate surface area is 156 Å². The first-order valence-corrected chi connectivity index (χ1v) is 9.35. The summed E-state index contributed by atoms with van der Waals surface area (Å²) in [5.74, 6) is -0.222. The summed E-state index contributed by atoms with van der Waals surface area (Å²) in [7, 11) is 1.62. The van der Waals surface area contributed by atoms with Crippen molar-refractivity contribution in [3.8, 4) is 0 Å². The standard InChI is InChI=1S/C16H14N4O4S2/c1-9-7-10(20(23)24)3-4-12(9)17-13(21)8-26-16-18-14-11(5-6-25-14)15(22)19(16)2/h3-7H,8H2,1-2H3,(H,17,21). The third-order valence-electron chi connectivity index (χ3n) is 3.69. The van der Waals surface area contributed by atoms with Crippen LogP contribution in [0.1, 0.15) is 5.56 Å². The van der Waals surface area contributed by atoms with Crippen molar-refractivity contribution in [3.05, 3.63) is 55.7 Å². The van der Waals surface area contributed by atoms with E-state index < -0.39 is 4.92 Å². The van der Waals surface area contributed by atoms with Gasteiger partial charge in [-0.15, -0.1) is 11.3 Å². The van der Waals surface area contributed by atoms with Crippen LogP contribution in [0.3, 0.4) is 0 Å². The van der Waals surface area contributed by atoms with E-state index in [0.717, 1.165) is 11.8 Å². The average Bonchev–Trinajstić information content (AvgIpc) is 3.07. The molecule has 0 spiro atoms. The number of amides is 1. The number of fused-ring (bicyclic) bond motifs is 1. The van der Waals surface area contributed by atoms with Crippen molar-refractivity contribution >= 4 is 50.6 Å². The third kappa shape index (κ3) is 3.60. The van der Waals surface area contributed by atoms with Gasteiger partial charge in [0.25, 0.3) is 11.2 Å². The van der Waals surface area contributed by atoms with Crippen molar-refractivity contribution in [1.82, 2.24) is 9.55 Å². The second-order valence-electron chi connectivity index (χ2n) is 5.49. The maximum atomic E-state index is 12.2. The van der Waals surface area contributed by atoms with Crippen molar-refractivity contribution in [1.29, 1.82) is 0 Å². The van der Waals surface area contributed by atoms with E-state index in [1.807, 2.05) is 0 Å². The van der Waals surface area contributed by atoms with E-state index in [1.54, 1.807) is 25.4 Å². The molecular formula is C16H14N4O4S2. The van der Waals surface area contributed by atoms with Crippen LogP contribution in [0.15, 0.2) is 39.6 Å². The highest BCUT2D eigenvalue weighted by Crippen LogP contribution is 2.23. The first-order valence-electron chi connectivity index (χ1n) is 7.48. The van der Waals surface area contributed by atoms with Gasteiger partial charge >= 0.3 is 0 Å². The lowest BCUT2D eigenvalue weighted by atomic mass is 10.2. The molecule has 1 aromatic carbocycles. The minimum absolute atomic E-state index is 0.0293. The molecule has 10 heteroatoms. The molecule has 1 N–H and O–H groups in total. The molecule has 0 fully saturated rings. The molecule has 0 aliphatic heterocycles. The monoisotopic (exact) mass is 390 g/mol. The number of thioether (sulfide) groups is 1. The molecule has 0 unspecified atom stereocenters. The van der Waals surface area contributed by atoms with E-state index in [0.29, 0.717) is 26.6 Å². The number of carbonyl (C=O) groups excluding carboxylic acids is 1. The maximum Gasteiger partial charge on any atom is 0.269 e. The van der Waals surface area contributed by atoms with Crippen molar-refractivity contribution in [2.24, 2.45) is 7.05 Å². The lowest BCUT2D eigenvalue weighted by molar-refractivity contribution is -0.384. The molecule has 0 aliphatic carbocycles. The molecule has 0 saturated carbocycles. The van der Waals surface area contributed by atoms with Gasteiger partial charge < -0.3 is 5.32 Å². The number of nitrogens with one attached hydrogen (secondary N) is 1. The van der Waals surface area contributed by atoms with Gasteiger partial charge in [0.15, 0.2) is 5.16 Å². The van der Waals surface area contributed by atoms with Crippen molar-refractivity contribution in [3.63, 3.8) is 0 Å². The lowest BCUT2D eigenvalue weighted by Gasteiger charge is -2.09. The van der Waals surface area contributed by atoms with Gasteiger partial charge in [0.1, 0.15) is 4.83 Å². The summed E-state index contributed by atoms with van der Waals surface area (Å²) in [6.07, 6.45) is 0. The van der Waals surface area contributed by atoms with Gasteiger partial charge in [0.2, 0.25) is 5.91 Å². The summed E-state index contributed by atoms with van der Waals surface area (Å²) in [6.45, 7) is 1.69. The number of nitro groups is 1. The highest BCUT2D eigenvalue weighted by atomic mass is 32.2. The predicted octanol–water partition coefficient (Wildman–Crippen LogP) is 2.94. The Kier molecular flexibility index (Phi) is 5.05. The number of nitrogens with zero attached hydrogens (tertiary/aromatic N) is 3. The minimum atomic E-state index is -0.485. The Morgan fingerprint density at radius 2 is 2.19 bits per heavy atom. The van der Waals surface area contributed by atoms with E-state index in [1.165, 1.54) is 34.1 Å². The van der Waals surface area contributed by atoms with Gasteiger partial charge in [-0.3, -0.25) is 24.3 Å². The molecule has 0 bridgehead atoms. The predicted molar refractivity (Wildman–Crippen MR) is 102 cm³/mol. The van der Waals surface area contributed by atoms with Crippen LogP contribution in [-0.4, -0.2) is 26.1 Å². The average molecular weight is 390 g/mol. The van der Waals surface area contributed by atoms with Crippen molar-refractivity contribution in [2.45, 2.75) is 12.1 Å². The second-order valence-corrected chi connectivity index (χ2v) is 7.33. The van der Waals surface area contributed by atoms with Gasteiger partial charge in [-0.1, -0.05) is 11.8 Å². The molecule has 8 nitrogen and oxygen atoms in total. The molecule has 26 heavy (non-hydrogen) atoms. The van der Waals surface area contributed by atoms with E-state index in [9.17, 15) is 19.7 Å². The number of aromatic nitrogens is 2. The fraction of sp³-hybridized carbons (Fsp3) is 0.188. The second kappa shape index (κ2) is 7.26. The van der Waals surface area contributed by atoms with Gasteiger partial charge in [0.05, 0.1) is 16.1 Å². The topological polar surface area (TPSA) is 107 Å². The zero-order valence-electron chi connectivity index (χ0n) is 13.9. The van der Waals surface area contributed by atoms with Crippen molar-refractivity contribution < 1.29 is 9.72 Å².